The van der Waals surface area contributed by atoms with Gasteiger partial charge in [-0.05, 0) is 24.6 Å². The molecule has 6 heteroatoms. The van der Waals surface area contributed by atoms with Crippen molar-refractivity contribution >= 4 is 39.5 Å². The van der Waals surface area contributed by atoms with Crippen molar-refractivity contribution < 1.29 is 14.4 Å². The van der Waals surface area contributed by atoms with Crippen molar-refractivity contribution in [3.05, 3.63) is 28.2 Å². The highest BCUT2D eigenvalue weighted by atomic mass is 79.9. The van der Waals surface area contributed by atoms with Gasteiger partial charge in [0.15, 0.2) is 0 Å². The molecule has 0 aromatic heterocycles. The van der Waals surface area contributed by atoms with Crippen molar-refractivity contribution in [1.82, 2.24) is 5.32 Å². The Labute approximate surface area is 106 Å². The zero-order chi connectivity index (χ0) is 12.6. The van der Waals surface area contributed by atoms with Gasteiger partial charge in [-0.25, -0.2) is 9.69 Å². The van der Waals surface area contributed by atoms with Crippen LogP contribution in [0.5, 0.6) is 0 Å². The van der Waals surface area contributed by atoms with Crippen LogP contribution in [0.25, 0.3) is 0 Å². The van der Waals surface area contributed by atoms with Gasteiger partial charge in [-0.15, -0.1) is 0 Å². The molecule has 0 aliphatic carbocycles. The molecule has 1 heterocycles. The zero-order valence-electron chi connectivity index (χ0n) is 8.99. The van der Waals surface area contributed by atoms with Crippen molar-refractivity contribution in [3.8, 4) is 0 Å². The molecule has 88 valence electrons. The van der Waals surface area contributed by atoms with Crippen LogP contribution in [0.15, 0.2) is 22.7 Å². The van der Waals surface area contributed by atoms with Crippen LogP contribution in [-0.4, -0.2) is 17.8 Å². The molecule has 1 aliphatic heterocycles. The summed E-state index contributed by atoms with van der Waals surface area (Å²) < 4.78 is 0.799. The Morgan fingerprint density at radius 2 is 2.00 bits per heavy atom. The van der Waals surface area contributed by atoms with E-state index in [4.69, 9.17) is 0 Å². The fourth-order valence-corrected chi connectivity index (χ4v) is 1.99. The molecule has 0 saturated carbocycles. The van der Waals surface area contributed by atoms with Crippen molar-refractivity contribution in [2.45, 2.75) is 13.3 Å². The van der Waals surface area contributed by atoms with Gasteiger partial charge in [0.05, 0.1) is 5.69 Å². The third-order valence-corrected chi connectivity index (χ3v) is 3.35. The Bertz CT molecular complexity index is 507. The molecule has 0 unspecified atom stereocenters. The number of amides is 4. The molecular formula is C11H9BrN2O3. The quantitative estimate of drug-likeness (QED) is 0.803. The Morgan fingerprint density at radius 3 is 2.65 bits per heavy atom. The summed E-state index contributed by atoms with van der Waals surface area (Å²) in [4.78, 5) is 35.4. The normalized spacial score (nSPS) is 16.1. The number of nitrogens with zero attached hydrogens (tertiary/aromatic N) is 1. The van der Waals surface area contributed by atoms with E-state index in [-0.39, 0.29) is 6.42 Å². The molecule has 0 atom stereocenters. The molecule has 0 spiro atoms. The van der Waals surface area contributed by atoms with Gasteiger partial charge in [-0.1, -0.05) is 22.0 Å². The van der Waals surface area contributed by atoms with Crippen molar-refractivity contribution in [3.63, 3.8) is 0 Å². The van der Waals surface area contributed by atoms with Crippen LogP contribution in [0.4, 0.5) is 10.5 Å². The highest BCUT2D eigenvalue weighted by Gasteiger charge is 2.32. The molecule has 1 aliphatic rings. The maximum Gasteiger partial charge on any atom is 0.335 e. The summed E-state index contributed by atoms with van der Waals surface area (Å²) in [5, 5.41) is 2.12. The number of hydrogen-bond donors (Lipinski definition) is 1. The first kappa shape index (κ1) is 11.8. The first-order chi connectivity index (χ1) is 8.00. The molecule has 1 saturated heterocycles. The topological polar surface area (TPSA) is 66.5 Å². The molecule has 1 N–H and O–H groups in total. The van der Waals surface area contributed by atoms with Crippen molar-refractivity contribution in [2.24, 2.45) is 0 Å². The Morgan fingerprint density at radius 1 is 1.29 bits per heavy atom. The fourth-order valence-electron chi connectivity index (χ4n) is 1.63. The van der Waals surface area contributed by atoms with Gasteiger partial charge in [0.2, 0.25) is 11.8 Å². The lowest BCUT2D eigenvalue weighted by Crippen LogP contribution is -2.53. The number of benzene rings is 1. The molecule has 0 radical (unpaired) electrons. The molecule has 5 nitrogen and oxygen atoms in total. The Kier molecular flexibility index (Phi) is 2.97. The predicted octanol–water partition coefficient (Wildman–Crippen LogP) is 1.73. The van der Waals surface area contributed by atoms with E-state index in [1.54, 1.807) is 19.1 Å². The molecule has 2 rings (SSSR count). The summed E-state index contributed by atoms with van der Waals surface area (Å²) in [6, 6.07) is 4.50. The zero-order valence-corrected chi connectivity index (χ0v) is 10.6. The molecule has 0 bridgehead atoms. The van der Waals surface area contributed by atoms with Crippen LogP contribution in [0.1, 0.15) is 12.0 Å². The third-order valence-electron chi connectivity index (χ3n) is 2.49. The number of carbonyl (C=O) groups is 3. The van der Waals surface area contributed by atoms with Gasteiger partial charge in [-0.3, -0.25) is 14.9 Å². The van der Waals surface area contributed by atoms with Crippen molar-refractivity contribution in [1.29, 1.82) is 0 Å². The second-order valence-corrected chi connectivity index (χ2v) is 4.50. The second kappa shape index (κ2) is 4.29. The minimum Gasteiger partial charge on any atom is -0.277 e. The van der Waals surface area contributed by atoms with Crippen LogP contribution in [0, 0.1) is 6.92 Å². The van der Waals surface area contributed by atoms with Crippen LogP contribution < -0.4 is 10.2 Å². The van der Waals surface area contributed by atoms with Gasteiger partial charge < -0.3 is 0 Å². The van der Waals surface area contributed by atoms with E-state index in [9.17, 15) is 14.4 Å². The van der Waals surface area contributed by atoms with E-state index in [1.165, 1.54) is 0 Å². The first-order valence-electron chi connectivity index (χ1n) is 4.92. The first-order valence-corrected chi connectivity index (χ1v) is 5.72. The van der Waals surface area contributed by atoms with Crippen LogP contribution in [0.2, 0.25) is 0 Å². The number of carbonyl (C=O) groups excluding carboxylic acids is 3. The highest BCUT2D eigenvalue weighted by molar-refractivity contribution is 9.10. The lowest BCUT2D eigenvalue weighted by molar-refractivity contribution is -0.128. The maximum atomic E-state index is 11.7. The number of rotatable bonds is 1. The monoisotopic (exact) mass is 296 g/mol. The average Bonchev–Trinajstić information content (AvgIpc) is 2.23. The number of nitrogens with one attached hydrogen (secondary N) is 1. The van der Waals surface area contributed by atoms with E-state index in [0.29, 0.717) is 5.69 Å². The van der Waals surface area contributed by atoms with Gasteiger partial charge >= 0.3 is 6.03 Å². The number of hydrogen-bond acceptors (Lipinski definition) is 3. The average molecular weight is 297 g/mol. The van der Waals surface area contributed by atoms with Crippen LogP contribution >= 0.6 is 15.9 Å². The largest absolute Gasteiger partial charge is 0.335 e. The van der Waals surface area contributed by atoms with Gasteiger partial charge in [0.1, 0.15) is 6.42 Å². The number of barbiturate groups is 1. The number of halogens is 1. The molecule has 1 fully saturated rings. The summed E-state index contributed by atoms with van der Waals surface area (Å²) in [5.41, 5.74) is 1.25. The molecular weight excluding hydrogens is 288 g/mol. The lowest BCUT2D eigenvalue weighted by Gasteiger charge is -2.26. The number of imide groups is 2. The third kappa shape index (κ3) is 2.08. The van der Waals surface area contributed by atoms with E-state index in [0.717, 1.165) is 14.9 Å². The van der Waals surface area contributed by atoms with E-state index in [1.807, 2.05) is 6.07 Å². The van der Waals surface area contributed by atoms with E-state index in [2.05, 4.69) is 21.2 Å². The molecule has 17 heavy (non-hydrogen) atoms. The van der Waals surface area contributed by atoms with E-state index >= 15 is 0 Å². The SMILES string of the molecule is Cc1c(Br)cccc1N1C(=O)CC(=O)NC1=O. The van der Waals surface area contributed by atoms with Crippen LogP contribution in [-0.2, 0) is 9.59 Å². The standard InChI is InChI=1S/C11H9BrN2O3/c1-6-7(12)3-2-4-8(6)14-10(16)5-9(15)13-11(14)17/h2-4H,5H2,1H3,(H,13,15,17). The lowest BCUT2D eigenvalue weighted by atomic mass is 10.1. The Hall–Kier alpha value is -1.69. The summed E-state index contributed by atoms with van der Waals surface area (Å²) in [7, 11) is 0. The van der Waals surface area contributed by atoms with Gasteiger partial charge in [0.25, 0.3) is 0 Å². The highest BCUT2D eigenvalue weighted by Crippen LogP contribution is 2.28. The summed E-state index contributed by atoms with van der Waals surface area (Å²) in [5.74, 6) is -1.08. The number of urea groups is 1. The molecule has 4 amide bonds. The minimum absolute atomic E-state index is 0.308. The predicted molar refractivity (Wildman–Crippen MR) is 64.5 cm³/mol. The maximum absolute atomic E-state index is 11.7. The minimum atomic E-state index is -0.701. The summed E-state index contributed by atoms with van der Waals surface area (Å²) in [6.45, 7) is 1.79. The van der Waals surface area contributed by atoms with Gasteiger partial charge in [0, 0.05) is 4.47 Å². The molecule has 1 aromatic rings. The van der Waals surface area contributed by atoms with Crippen molar-refractivity contribution in [2.75, 3.05) is 4.90 Å². The molecule has 1 aromatic carbocycles. The smallest absolute Gasteiger partial charge is 0.277 e. The fraction of sp³-hybridized carbons (Fsp3) is 0.182. The van der Waals surface area contributed by atoms with E-state index < -0.39 is 17.8 Å². The Balaban J connectivity index is 2.46. The summed E-state index contributed by atoms with van der Waals surface area (Å²) in [6.07, 6.45) is -0.308. The van der Waals surface area contributed by atoms with Crippen LogP contribution in [0.3, 0.4) is 0 Å². The number of anilines is 1. The second-order valence-electron chi connectivity index (χ2n) is 3.64. The van der Waals surface area contributed by atoms with Gasteiger partial charge in [-0.2, -0.15) is 0 Å². The summed E-state index contributed by atoms with van der Waals surface area (Å²) >= 11 is 3.33.